The number of hydrogen-bond acceptors (Lipinski definition) is 4. The highest BCUT2D eigenvalue weighted by Crippen LogP contribution is 2.12. The van der Waals surface area contributed by atoms with E-state index < -0.39 is 0 Å². The van der Waals surface area contributed by atoms with Crippen molar-refractivity contribution in [2.45, 2.75) is 0 Å². The van der Waals surface area contributed by atoms with Crippen LogP contribution in [-0.4, -0.2) is 21.4 Å². The fraction of sp³-hybridized carbons (Fsp3) is 0. The number of hydrogen-bond donors (Lipinski definition) is 0. The van der Waals surface area contributed by atoms with Crippen molar-refractivity contribution in [2.75, 3.05) is 0 Å². The van der Waals surface area contributed by atoms with Gasteiger partial charge in [-0.2, -0.15) is 0 Å². The predicted molar refractivity (Wildman–Crippen MR) is 113 cm³/mol. The van der Waals surface area contributed by atoms with Crippen molar-refractivity contribution in [1.29, 1.82) is 0 Å². The molecular weight excluding hydrogens is 344 g/mol. The van der Waals surface area contributed by atoms with Crippen LogP contribution in [-0.2, 0) is 0 Å². The number of pyridine rings is 2. The Hall–Kier alpha value is -3.92. The first-order valence-corrected chi connectivity index (χ1v) is 9.01. The van der Waals surface area contributed by atoms with Crippen LogP contribution in [0.4, 0.5) is 0 Å². The Morgan fingerprint density at radius 3 is 1.21 bits per heavy atom. The second kappa shape index (κ2) is 8.64. The van der Waals surface area contributed by atoms with E-state index in [-0.39, 0.29) is 0 Å². The molecule has 0 bridgehead atoms. The second-order valence-electron chi connectivity index (χ2n) is 6.06. The summed E-state index contributed by atoms with van der Waals surface area (Å²) < 4.78 is 0. The normalized spacial score (nSPS) is 12.0. The van der Waals surface area contributed by atoms with Gasteiger partial charge >= 0.3 is 0 Å². The van der Waals surface area contributed by atoms with Gasteiger partial charge in [0.25, 0.3) is 0 Å². The molecule has 4 rings (SSSR count). The molecule has 0 aliphatic rings. The average molecular weight is 362 g/mol. The van der Waals surface area contributed by atoms with Gasteiger partial charge in [0.1, 0.15) is 11.4 Å². The number of benzene rings is 2. The van der Waals surface area contributed by atoms with Crippen LogP contribution < -0.4 is 0 Å². The zero-order valence-electron chi connectivity index (χ0n) is 15.2. The summed E-state index contributed by atoms with van der Waals surface area (Å²) in [6, 6.07) is 31.4. The van der Waals surface area contributed by atoms with Crippen LogP contribution in [0.15, 0.2) is 120 Å². The molecule has 4 aromatic rings. The average Bonchev–Trinajstić information content (AvgIpc) is 2.79. The van der Waals surface area contributed by atoms with Crippen molar-refractivity contribution < 1.29 is 0 Å². The molecule has 0 amide bonds. The lowest BCUT2D eigenvalue weighted by atomic mass is 10.1. The van der Waals surface area contributed by atoms with Gasteiger partial charge in [0.2, 0.25) is 0 Å². The molecule has 0 fully saturated rings. The van der Waals surface area contributed by atoms with Crippen molar-refractivity contribution >= 4 is 11.4 Å². The third-order valence-corrected chi connectivity index (χ3v) is 4.16. The topological polar surface area (TPSA) is 50.5 Å². The minimum Gasteiger partial charge on any atom is -0.255 e. The minimum absolute atomic E-state index is 0.713. The first-order valence-electron chi connectivity index (χ1n) is 9.01. The lowest BCUT2D eigenvalue weighted by Crippen LogP contribution is -2.08. The molecule has 2 aromatic carbocycles. The Bertz CT molecular complexity index is 901. The Morgan fingerprint density at radius 1 is 0.464 bits per heavy atom. The Morgan fingerprint density at radius 2 is 0.857 bits per heavy atom. The fourth-order valence-corrected chi connectivity index (χ4v) is 2.81. The highest BCUT2D eigenvalue weighted by atomic mass is 15.2. The van der Waals surface area contributed by atoms with Crippen LogP contribution in [0.2, 0.25) is 0 Å². The van der Waals surface area contributed by atoms with Crippen molar-refractivity contribution in [3.05, 3.63) is 132 Å². The van der Waals surface area contributed by atoms with Crippen LogP contribution >= 0.6 is 0 Å². The van der Waals surface area contributed by atoms with Gasteiger partial charge in [0, 0.05) is 23.5 Å². The van der Waals surface area contributed by atoms with Crippen molar-refractivity contribution in [3.63, 3.8) is 0 Å². The first-order chi connectivity index (χ1) is 13.9. The standard InChI is InChI=1S/C24H18N4/c1-3-11-19(12-4-1)23(21-15-7-9-17-25-21)27-28-24(20-13-5-2-6-14-20)22-16-8-10-18-26-22/h1-18H/b27-23-,28-24+. The van der Waals surface area contributed by atoms with Crippen LogP contribution in [0.1, 0.15) is 22.5 Å². The molecule has 4 nitrogen and oxygen atoms in total. The molecule has 0 radical (unpaired) electrons. The van der Waals surface area contributed by atoms with Gasteiger partial charge < -0.3 is 0 Å². The Labute approximate surface area is 164 Å². The number of nitrogens with zero attached hydrogens (tertiary/aromatic N) is 4. The summed E-state index contributed by atoms with van der Waals surface area (Å²) in [6.45, 7) is 0. The van der Waals surface area contributed by atoms with Gasteiger partial charge in [0.15, 0.2) is 0 Å². The van der Waals surface area contributed by atoms with Crippen molar-refractivity contribution in [2.24, 2.45) is 10.2 Å². The van der Waals surface area contributed by atoms with Gasteiger partial charge in [-0.05, 0) is 24.3 Å². The summed E-state index contributed by atoms with van der Waals surface area (Å²) >= 11 is 0. The predicted octanol–water partition coefficient (Wildman–Crippen LogP) is 4.77. The highest BCUT2D eigenvalue weighted by molar-refractivity contribution is 6.14. The van der Waals surface area contributed by atoms with E-state index in [1.54, 1.807) is 12.4 Å². The van der Waals surface area contributed by atoms with Crippen LogP contribution in [0, 0.1) is 0 Å². The maximum Gasteiger partial charge on any atom is 0.118 e. The minimum atomic E-state index is 0.713. The summed E-state index contributed by atoms with van der Waals surface area (Å²) in [5, 5.41) is 9.24. The molecule has 0 saturated heterocycles. The van der Waals surface area contributed by atoms with Crippen molar-refractivity contribution in [1.82, 2.24) is 9.97 Å². The monoisotopic (exact) mass is 362 g/mol. The second-order valence-corrected chi connectivity index (χ2v) is 6.06. The zero-order chi connectivity index (χ0) is 19.0. The zero-order valence-corrected chi connectivity index (χ0v) is 15.2. The maximum atomic E-state index is 4.62. The van der Waals surface area contributed by atoms with E-state index in [2.05, 4.69) is 20.2 Å². The van der Waals surface area contributed by atoms with E-state index in [1.165, 1.54) is 0 Å². The lowest BCUT2D eigenvalue weighted by Gasteiger charge is -2.07. The van der Waals surface area contributed by atoms with Gasteiger partial charge in [-0.3, -0.25) is 9.97 Å². The van der Waals surface area contributed by atoms with E-state index in [0.29, 0.717) is 11.4 Å². The van der Waals surface area contributed by atoms with Gasteiger partial charge in [-0.15, -0.1) is 10.2 Å². The van der Waals surface area contributed by atoms with Gasteiger partial charge in [0.05, 0.1) is 11.4 Å². The molecule has 0 unspecified atom stereocenters. The van der Waals surface area contributed by atoms with Crippen LogP contribution in [0.5, 0.6) is 0 Å². The molecule has 0 saturated carbocycles. The van der Waals surface area contributed by atoms with E-state index >= 15 is 0 Å². The molecule has 134 valence electrons. The quantitative estimate of drug-likeness (QED) is 0.379. The van der Waals surface area contributed by atoms with Gasteiger partial charge in [-0.25, -0.2) is 0 Å². The van der Waals surface area contributed by atoms with E-state index in [0.717, 1.165) is 22.5 Å². The van der Waals surface area contributed by atoms with Crippen molar-refractivity contribution in [3.8, 4) is 0 Å². The summed E-state index contributed by atoms with van der Waals surface area (Å²) in [6.07, 6.45) is 3.52. The lowest BCUT2D eigenvalue weighted by molar-refractivity contribution is 1.18. The molecule has 0 spiro atoms. The van der Waals surface area contributed by atoms with E-state index in [4.69, 9.17) is 0 Å². The summed E-state index contributed by atoms with van der Waals surface area (Å²) in [5.41, 5.74) is 4.88. The summed E-state index contributed by atoms with van der Waals surface area (Å²) in [4.78, 5) is 8.93. The number of aromatic nitrogens is 2. The van der Waals surface area contributed by atoms with E-state index in [9.17, 15) is 0 Å². The fourth-order valence-electron chi connectivity index (χ4n) is 2.81. The summed E-state index contributed by atoms with van der Waals surface area (Å²) in [5.74, 6) is 0. The van der Waals surface area contributed by atoms with Crippen LogP contribution in [0.25, 0.3) is 0 Å². The van der Waals surface area contributed by atoms with Crippen LogP contribution in [0.3, 0.4) is 0 Å². The van der Waals surface area contributed by atoms with Gasteiger partial charge in [-0.1, -0.05) is 72.8 Å². The molecular formula is C24H18N4. The third-order valence-electron chi connectivity index (χ3n) is 4.16. The largest absolute Gasteiger partial charge is 0.255 e. The summed E-state index contributed by atoms with van der Waals surface area (Å²) in [7, 11) is 0. The molecule has 0 N–H and O–H groups in total. The third kappa shape index (κ3) is 4.07. The first kappa shape index (κ1) is 17.5. The maximum absolute atomic E-state index is 4.62. The molecule has 0 aliphatic heterocycles. The molecule has 28 heavy (non-hydrogen) atoms. The Kier molecular flexibility index (Phi) is 5.40. The highest BCUT2D eigenvalue weighted by Gasteiger charge is 2.11. The smallest absolute Gasteiger partial charge is 0.118 e. The SMILES string of the molecule is c1ccc(/C(=N/N=C(\c2ccccc2)c2ccccn2)c2ccccn2)cc1. The Balaban J connectivity index is 1.87. The molecule has 2 heterocycles. The molecule has 0 atom stereocenters. The van der Waals surface area contributed by atoms with E-state index in [1.807, 2.05) is 97.1 Å². The molecule has 0 aliphatic carbocycles. The molecule has 2 aromatic heterocycles. The number of rotatable bonds is 5. The molecule has 4 heteroatoms.